The Labute approximate surface area is 145 Å². The molecule has 0 saturated carbocycles. The van der Waals surface area contributed by atoms with Crippen LogP contribution in [0.1, 0.15) is 0 Å². The number of anilines is 2. The second kappa shape index (κ2) is 7.27. The maximum absolute atomic E-state index is 13.2. The van der Waals surface area contributed by atoms with Gasteiger partial charge in [0.05, 0.1) is 11.3 Å². The van der Waals surface area contributed by atoms with Gasteiger partial charge in [0.25, 0.3) is 0 Å². The summed E-state index contributed by atoms with van der Waals surface area (Å²) in [5, 5.41) is 13.3. The second-order valence-electron chi connectivity index (χ2n) is 5.23. The van der Waals surface area contributed by atoms with Gasteiger partial charge in [-0.25, -0.2) is 5.84 Å². The van der Waals surface area contributed by atoms with Gasteiger partial charge in [-0.1, -0.05) is 36.4 Å². The van der Waals surface area contributed by atoms with E-state index in [1.165, 1.54) is 21.7 Å². The van der Waals surface area contributed by atoms with Crippen molar-refractivity contribution in [1.29, 1.82) is 0 Å². The Hall–Kier alpha value is -3.67. The molecule has 0 atom stereocenters. The number of hydrazone groups is 1. The summed E-state index contributed by atoms with van der Waals surface area (Å²) in [6, 6.07) is 21.5. The zero-order chi connectivity index (χ0) is 17.6. The number of rotatable bonds is 2. The summed E-state index contributed by atoms with van der Waals surface area (Å²) < 4.78 is 1.39. The molecule has 2 aromatic carbocycles. The first-order chi connectivity index (χ1) is 12.2. The van der Waals surface area contributed by atoms with Crippen LogP contribution < -0.4 is 15.3 Å². The largest absolute Gasteiger partial charge is 0.504 e. The summed E-state index contributed by atoms with van der Waals surface area (Å²) in [7, 11) is 0. The minimum Gasteiger partial charge on any atom is -0.504 e. The molecule has 6 nitrogen and oxygen atoms in total. The molecule has 1 heterocycles. The fourth-order valence-corrected chi connectivity index (χ4v) is 2.46. The molecule has 3 N–H and O–H groups in total. The summed E-state index contributed by atoms with van der Waals surface area (Å²) in [6.07, 6.45) is 2.97. The first-order valence-electron chi connectivity index (χ1n) is 7.64. The second-order valence-corrected chi connectivity index (χ2v) is 5.23. The Morgan fingerprint density at radius 3 is 1.96 bits per heavy atom. The highest BCUT2D eigenvalue weighted by Crippen LogP contribution is 2.25. The lowest BCUT2D eigenvalue weighted by atomic mass is 10.2. The van der Waals surface area contributed by atoms with Crippen LogP contribution in [0, 0.1) is 0 Å². The SMILES string of the molecule is NN=C(C(=O)N(c1ccccc1)c1ccccc1)[n+]1cccc(O)c1. The molecule has 3 rings (SSSR count). The quantitative estimate of drug-likeness (QED) is 0.248. The highest BCUT2D eigenvalue weighted by molar-refractivity contribution is 6.40. The predicted molar refractivity (Wildman–Crippen MR) is 95.4 cm³/mol. The topological polar surface area (TPSA) is 82.8 Å². The lowest BCUT2D eigenvalue weighted by Gasteiger charge is -2.21. The third-order valence-corrected chi connectivity index (χ3v) is 3.58. The number of hydrogen-bond donors (Lipinski definition) is 2. The number of carbonyl (C=O) groups is 1. The van der Waals surface area contributed by atoms with Gasteiger partial charge in [-0.2, -0.15) is 4.57 Å². The fourth-order valence-electron chi connectivity index (χ4n) is 2.46. The van der Waals surface area contributed by atoms with Crippen LogP contribution in [0.4, 0.5) is 11.4 Å². The zero-order valence-electron chi connectivity index (χ0n) is 13.4. The van der Waals surface area contributed by atoms with Crippen LogP contribution in [0.3, 0.4) is 0 Å². The number of amides is 1. The van der Waals surface area contributed by atoms with E-state index in [9.17, 15) is 9.90 Å². The van der Waals surface area contributed by atoms with Crippen LogP contribution in [0.15, 0.2) is 90.3 Å². The van der Waals surface area contributed by atoms with Crippen LogP contribution >= 0.6 is 0 Å². The van der Waals surface area contributed by atoms with Gasteiger partial charge < -0.3 is 5.11 Å². The molecule has 0 bridgehead atoms. The molecule has 0 saturated heterocycles. The summed E-state index contributed by atoms with van der Waals surface area (Å²) in [6.45, 7) is 0. The van der Waals surface area contributed by atoms with E-state index >= 15 is 0 Å². The van der Waals surface area contributed by atoms with Crippen molar-refractivity contribution in [2.75, 3.05) is 4.90 Å². The van der Waals surface area contributed by atoms with Gasteiger partial charge in [0.1, 0.15) is 6.20 Å². The van der Waals surface area contributed by atoms with Crippen molar-refractivity contribution >= 4 is 23.1 Å². The Balaban J connectivity index is 2.08. The van der Waals surface area contributed by atoms with Crippen LogP contribution in [0.2, 0.25) is 0 Å². The molecular weight excluding hydrogens is 316 g/mol. The van der Waals surface area contributed by atoms with Crippen LogP contribution in [0.5, 0.6) is 5.75 Å². The number of pyridine rings is 1. The normalized spacial score (nSPS) is 11.1. The van der Waals surface area contributed by atoms with E-state index in [4.69, 9.17) is 5.84 Å². The number of benzene rings is 2. The molecule has 124 valence electrons. The van der Waals surface area contributed by atoms with Crippen molar-refractivity contribution in [1.82, 2.24) is 0 Å². The van der Waals surface area contributed by atoms with Gasteiger partial charge in [-0.05, 0) is 36.4 Å². The molecule has 0 spiro atoms. The summed E-state index contributed by atoms with van der Waals surface area (Å²) in [5.74, 6) is 5.04. The number of para-hydroxylation sites is 2. The number of aromatic nitrogens is 1. The highest BCUT2D eigenvalue weighted by atomic mass is 16.3. The minimum absolute atomic E-state index is 0.00224. The first-order valence-corrected chi connectivity index (χ1v) is 7.64. The third-order valence-electron chi connectivity index (χ3n) is 3.58. The molecule has 3 aromatic rings. The number of carbonyl (C=O) groups excluding carboxylic acids is 1. The maximum atomic E-state index is 13.2. The van der Waals surface area contributed by atoms with Crippen molar-refractivity contribution in [3.05, 3.63) is 85.2 Å². The highest BCUT2D eigenvalue weighted by Gasteiger charge is 2.31. The predicted octanol–water partition coefficient (Wildman–Crippen LogP) is 2.16. The average Bonchev–Trinajstić information content (AvgIpc) is 2.64. The van der Waals surface area contributed by atoms with E-state index in [2.05, 4.69) is 5.10 Å². The van der Waals surface area contributed by atoms with Gasteiger partial charge in [0, 0.05) is 11.4 Å². The van der Waals surface area contributed by atoms with Gasteiger partial charge in [0.15, 0.2) is 5.75 Å². The summed E-state index contributed by atoms with van der Waals surface area (Å²) >= 11 is 0. The van der Waals surface area contributed by atoms with Crippen molar-refractivity contribution in [2.24, 2.45) is 10.9 Å². The van der Waals surface area contributed by atoms with Crippen LogP contribution in [-0.2, 0) is 4.79 Å². The van der Waals surface area contributed by atoms with E-state index in [1.807, 2.05) is 60.7 Å². The maximum Gasteiger partial charge on any atom is 0.418 e. The number of nitrogens with two attached hydrogens (primary N) is 1. The Morgan fingerprint density at radius 2 is 1.48 bits per heavy atom. The molecular formula is C19H17N4O2+. The van der Waals surface area contributed by atoms with Crippen LogP contribution in [0.25, 0.3) is 0 Å². The van der Waals surface area contributed by atoms with Crippen molar-refractivity contribution in [2.45, 2.75) is 0 Å². The average molecular weight is 333 g/mol. The Kier molecular flexibility index (Phi) is 4.71. The molecule has 25 heavy (non-hydrogen) atoms. The number of aromatic hydroxyl groups is 1. The van der Waals surface area contributed by atoms with Gasteiger partial charge in [-0.3, -0.25) is 9.69 Å². The lowest BCUT2D eigenvalue weighted by Crippen LogP contribution is -2.52. The smallest absolute Gasteiger partial charge is 0.418 e. The monoisotopic (exact) mass is 333 g/mol. The zero-order valence-corrected chi connectivity index (χ0v) is 13.4. The Bertz CT molecular complexity index is 856. The molecule has 6 heteroatoms. The van der Waals surface area contributed by atoms with E-state index in [0.29, 0.717) is 11.4 Å². The molecule has 1 amide bonds. The fraction of sp³-hybridized carbons (Fsp3) is 0. The van der Waals surface area contributed by atoms with Crippen molar-refractivity contribution < 1.29 is 14.5 Å². The van der Waals surface area contributed by atoms with Crippen molar-refractivity contribution in [3.8, 4) is 5.75 Å². The molecule has 0 unspecified atom stereocenters. The molecule has 0 aliphatic rings. The van der Waals surface area contributed by atoms with E-state index in [-0.39, 0.29) is 11.6 Å². The molecule has 0 aliphatic heterocycles. The first kappa shape index (κ1) is 16.2. The molecule has 1 aromatic heterocycles. The molecule has 0 radical (unpaired) electrons. The van der Waals surface area contributed by atoms with Gasteiger partial charge in [-0.15, -0.1) is 0 Å². The van der Waals surface area contributed by atoms with E-state index < -0.39 is 5.91 Å². The van der Waals surface area contributed by atoms with Gasteiger partial charge in [0.2, 0.25) is 0 Å². The Morgan fingerprint density at radius 1 is 0.920 bits per heavy atom. The minimum atomic E-state index is -0.421. The van der Waals surface area contributed by atoms with Crippen LogP contribution in [-0.4, -0.2) is 16.8 Å². The number of hydrogen-bond acceptors (Lipinski definition) is 4. The van der Waals surface area contributed by atoms with E-state index in [0.717, 1.165) is 0 Å². The molecule has 0 aliphatic carbocycles. The molecule has 0 fully saturated rings. The van der Waals surface area contributed by atoms with Gasteiger partial charge >= 0.3 is 11.7 Å². The van der Waals surface area contributed by atoms with E-state index in [1.54, 1.807) is 12.3 Å². The lowest BCUT2D eigenvalue weighted by molar-refractivity contribution is -0.554. The summed E-state index contributed by atoms with van der Waals surface area (Å²) in [5.41, 5.74) is 1.36. The van der Waals surface area contributed by atoms with Crippen molar-refractivity contribution in [3.63, 3.8) is 0 Å². The standard InChI is InChI=1S/C19H16N4O2/c20-21-18(22-13-7-12-17(24)14-22)19(25)23(15-8-3-1-4-9-15)16-10-5-2-6-11-16/h1-14H,(H2-,20,24,25)/p+1. The number of nitrogens with zero attached hydrogens (tertiary/aromatic N) is 3. The third kappa shape index (κ3) is 3.48. The summed E-state index contributed by atoms with van der Waals surface area (Å²) in [4.78, 5) is 14.7.